The van der Waals surface area contributed by atoms with E-state index in [2.05, 4.69) is 22.8 Å². The summed E-state index contributed by atoms with van der Waals surface area (Å²) in [6.07, 6.45) is 4.34. The molecule has 0 spiro atoms. The Morgan fingerprint density at radius 1 is 0.524 bits per heavy atom. The fraction of sp³-hybridized carbons (Fsp3) is 0.176. The Bertz CT molecular complexity index is 1620. The van der Waals surface area contributed by atoms with E-state index >= 15 is 0 Å². The minimum atomic E-state index is 0.00905. The number of anilines is 2. The molecule has 0 unspecified atom stereocenters. The van der Waals surface area contributed by atoms with E-state index in [0.29, 0.717) is 12.8 Å². The molecule has 2 heterocycles. The van der Waals surface area contributed by atoms with Gasteiger partial charge in [0.25, 0.3) is 0 Å². The zero-order valence-electron chi connectivity index (χ0n) is 23.0. The number of hydrogen-bond acceptors (Lipinski definition) is 6. The van der Waals surface area contributed by atoms with Gasteiger partial charge in [-0.3, -0.25) is 9.59 Å². The molecule has 0 atom stereocenters. The van der Waals surface area contributed by atoms with Gasteiger partial charge < -0.3 is 10.6 Å². The Balaban J connectivity index is 0.872. The van der Waals surface area contributed by atoms with Crippen LogP contribution in [0.5, 0.6) is 0 Å². The number of rotatable bonds is 11. The number of fused-ring (bicyclic) bond motifs is 2. The number of carbonyl (C=O) groups is 2. The van der Waals surface area contributed by atoms with E-state index in [1.54, 1.807) is 22.7 Å². The summed E-state index contributed by atoms with van der Waals surface area (Å²) < 4.78 is 2.33. The van der Waals surface area contributed by atoms with Gasteiger partial charge in [-0.1, -0.05) is 37.1 Å². The SMILES string of the molecule is O=C(CCCCCCC(=O)Nc1ccc(-c2nc3ccccc3s2)cc1)Nc1ccc(-c2nc3ccccc3s2)cc1. The maximum Gasteiger partial charge on any atom is 0.224 e. The highest BCUT2D eigenvalue weighted by atomic mass is 32.1. The van der Waals surface area contributed by atoms with Gasteiger partial charge in [-0.05, 0) is 85.6 Å². The van der Waals surface area contributed by atoms with Gasteiger partial charge in [0.1, 0.15) is 10.0 Å². The molecule has 0 radical (unpaired) electrons. The van der Waals surface area contributed by atoms with Gasteiger partial charge in [0, 0.05) is 35.3 Å². The number of nitrogens with one attached hydrogen (secondary N) is 2. The van der Waals surface area contributed by atoms with Gasteiger partial charge >= 0.3 is 0 Å². The van der Waals surface area contributed by atoms with Crippen LogP contribution in [0.15, 0.2) is 97.1 Å². The van der Waals surface area contributed by atoms with Crippen molar-refractivity contribution in [2.24, 2.45) is 0 Å². The molecular weight excluding hydrogens is 561 g/mol. The summed E-state index contributed by atoms with van der Waals surface area (Å²) in [5.41, 5.74) is 5.66. The average molecular weight is 591 g/mol. The first-order valence-electron chi connectivity index (χ1n) is 14.1. The molecule has 4 aromatic carbocycles. The number of para-hydroxylation sites is 2. The van der Waals surface area contributed by atoms with Crippen molar-refractivity contribution in [3.05, 3.63) is 97.1 Å². The molecule has 0 saturated carbocycles. The van der Waals surface area contributed by atoms with Gasteiger partial charge in [-0.2, -0.15) is 0 Å². The van der Waals surface area contributed by atoms with Gasteiger partial charge in [0.2, 0.25) is 11.8 Å². The van der Waals surface area contributed by atoms with E-state index in [9.17, 15) is 9.59 Å². The summed E-state index contributed by atoms with van der Waals surface area (Å²) in [6.45, 7) is 0. The van der Waals surface area contributed by atoms with Crippen LogP contribution < -0.4 is 10.6 Å². The standard InChI is InChI=1S/C34H30N4O2S2/c39-31(35-25-19-15-23(16-20-25)33-37-27-9-5-7-11-29(27)41-33)13-3-1-2-4-14-32(40)36-26-21-17-24(18-22-26)34-38-28-10-6-8-12-30(28)42-34/h5-12,15-22H,1-4,13-14H2,(H,35,39)(H,36,40). The molecular formula is C34H30N4O2S2. The lowest BCUT2D eigenvalue weighted by Gasteiger charge is -2.07. The number of unbranched alkanes of at least 4 members (excludes halogenated alkanes) is 3. The number of nitrogens with zero attached hydrogens (tertiary/aromatic N) is 2. The summed E-state index contributed by atoms with van der Waals surface area (Å²) in [7, 11) is 0. The highest BCUT2D eigenvalue weighted by Gasteiger charge is 2.09. The molecule has 0 saturated heterocycles. The number of benzene rings is 4. The Morgan fingerprint density at radius 3 is 1.33 bits per heavy atom. The van der Waals surface area contributed by atoms with Crippen molar-refractivity contribution in [1.29, 1.82) is 0 Å². The van der Waals surface area contributed by atoms with Crippen molar-refractivity contribution in [2.75, 3.05) is 10.6 Å². The van der Waals surface area contributed by atoms with Crippen LogP contribution in [-0.4, -0.2) is 21.8 Å². The van der Waals surface area contributed by atoms with E-state index in [-0.39, 0.29) is 11.8 Å². The minimum absolute atomic E-state index is 0.00905. The van der Waals surface area contributed by atoms with Crippen LogP contribution in [0, 0.1) is 0 Å². The topological polar surface area (TPSA) is 84.0 Å². The molecule has 0 aliphatic carbocycles. The normalized spacial score (nSPS) is 11.1. The predicted octanol–water partition coefficient (Wildman–Crippen LogP) is 9.16. The van der Waals surface area contributed by atoms with Crippen LogP contribution in [0.25, 0.3) is 41.6 Å². The van der Waals surface area contributed by atoms with Crippen molar-refractivity contribution in [1.82, 2.24) is 9.97 Å². The van der Waals surface area contributed by atoms with E-state index in [0.717, 1.165) is 78.6 Å². The largest absolute Gasteiger partial charge is 0.326 e. The zero-order valence-corrected chi connectivity index (χ0v) is 24.6. The number of hydrogen-bond donors (Lipinski definition) is 2. The number of aromatic nitrogens is 2. The van der Waals surface area contributed by atoms with E-state index in [1.165, 1.54) is 0 Å². The minimum Gasteiger partial charge on any atom is -0.326 e. The first-order chi connectivity index (χ1) is 20.6. The van der Waals surface area contributed by atoms with E-state index < -0.39 is 0 Å². The van der Waals surface area contributed by atoms with Gasteiger partial charge in [0.05, 0.1) is 20.4 Å². The van der Waals surface area contributed by atoms with Crippen LogP contribution in [-0.2, 0) is 9.59 Å². The van der Waals surface area contributed by atoms with Crippen LogP contribution in [0.2, 0.25) is 0 Å². The summed E-state index contributed by atoms with van der Waals surface area (Å²) in [6, 6.07) is 31.9. The van der Waals surface area contributed by atoms with Crippen molar-refractivity contribution in [3.63, 3.8) is 0 Å². The van der Waals surface area contributed by atoms with Gasteiger partial charge in [-0.15, -0.1) is 22.7 Å². The van der Waals surface area contributed by atoms with Crippen molar-refractivity contribution < 1.29 is 9.59 Å². The molecule has 6 nitrogen and oxygen atoms in total. The van der Waals surface area contributed by atoms with Crippen LogP contribution in [0.1, 0.15) is 38.5 Å². The van der Waals surface area contributed by atoms with Gasteiger partial charge in [0.15, 0.2) is 0 Å². The summed E-state index contributed by atoms with van der Waals surface area (Å²) in [5, 5.41) is 7.91. The summed E-state index contributed by atoms with van der Waals surface area (Å²) in [5.74, 6) is 0.0181. The second-order valence-electron chi connectivity index (χ2n) is 10.1. The zero-order chi connectivity index (χ0) is 28.7. The molecule has 2 amide bonds. The second-order valence-corrected chi connectivity index (χ2v) is 12.2. The maximum absolute atomic E-state index is 12.4. The third kappa shape index (κ3) is 6.90. The molecule has 0 fully saturated rings. The van der Waals surface area contributed by atoms with Crippen LogP contribution >= 0.6 is 22.7 Å². The van der Waals surface area contributed by atoms with Crippen LogP contribution in [0.4, 0.5) is 11.4 Å². The van der Waals surface area contributed by atoms with E-state index in [1.807, 2.05) is 84.9 Å². The molecule has 42 heavy (non-hydrogen) atoms. The van der Waals surface area contributed by atoms with Gasteiger partial charge in [-0.25, -0.2) is 9.97 Å². The molecule has 2 aromatic heterocycles. The van der Waals surface area contributed by atoms with Crippen molar-refractivity contribution in [2.45, 2.75) is 38.5 Å². The Kier molecular flexibility index (Phi) is 8.63. The molecule has 2 N–H and O–H groups in total. The molecule has 0 aliphatic heterocycles. The highest BCUT2D eigenvalue weighted by molar-refractivity contribution is 7.22. The molecule has 210 valence electrons. The molecule has 6 aromatic rings. The average Bonchev–Trinajstić information content (AvgIpc) is 3.64. The smallest absolute Gasteiger partial charge is 0.224 e. The molecule has 0 bridgehead atoms. The summed E-state index contributed by atoms with van der Waals surface area (Å²) in [4.78, 5) is 34.2. The number of thiazole rings is 2. The predicted molar refractivity (Wildman–Crippen MR) is 175 cm³/mol. The first-order valence-corrected chi connectivity index (χ1v) is 15.8. The Morgan fingerprint density at radius 2 is 0.929 bits per heavy atom. The highest BCUT2D eigenvalue weighted by Crippen LogP contribution is 2.32. The summed E-state index contributed by atoms with van der Waals surface area (Å²) >= 11 is 3.33. The van der Waals surface area contributed by atoms with Crippen molar-refractivity contribution in [3.8, 4) is 21.1 Å². The quantitative estimate of drug-likeness (QED) is 0.147. The third-order valence-electron chi connectivity index (χ3n) is 6.98. The van der Waals surface area contributed by atoms with Crippen LogP contribution in [0.3, 0.4) is 0 Å². The number of amides is 2. The number of carbonyl (C=O) groups excluding carboxylic acids is 2. The Labute approximate surface area is 252 Å². The maximum atomic E-state index is 12.4. The Hall–Kier alpha value is -4.40. The lowest BCUT2D eigenvalue weighted by Crippen LogP contribution is -2.11. The molecule has 8 heteroatoms. The second kappa shape index (κ2) is 13.1. The third-order valence-corrected chi connectivity index (χ3v) is 9.15. The molecule has 0 aliphatic rings. The van der Waals surface area contributed by atoms with E-state index in [4.69, 9.17) is 9.97 Å². The van der Waals surface area contributed by atoms with Crippen molar-refractivity contribution >= 4 is 66.3 Å². The fourth-order valence-electron chi connectivity index (χ4n) is 4.76. The monoisotopic (exact) mass is 590 g/mol. The lowest BCUT2D eigenvalue weighted by atomic mass is 10.1. The first kappa shape index (κ1) is 27.8. The fourth-order valence-corrected chi connectivity index (χ4v) is 6.70. The lowest BCUT2D eigenvalue weighted by molar-refractivity contribution is -0.117. The molecule has 6 rings (SSSR count).